The molecular formula is C72H118NO8P. The van der Waals surface area contributed by atoms with E-state index in [1.54, 1.807) is 0 Å². The third-order valence-corrected chi connectivity index (χ3v) is 14.0. The Morgan fingerprint density at radius 1 is 0.378 bits per heavy atom. The lowest BCUT2D eigenvalue weighted by Crippen LogP contribution is -2.37. The first-order chi connectivity index (χ1) is 40.0. The number of nitrogens with zero attached hydrogens (tertiary/aromatic N) is 1. The summed E-state index contributed by atoms with van der Waals surface area (Å²) in [6, 6.07) is 0. The van der Waals surface area contributed by atoms with Gasteiger partial charge in [0.2, 0.25) is 0 Å². The quantitative estimate of drug-likeness (QED) is 0.0195. The zero-order valence-electron chi connectivity index (χ0n) is 52.6. The molecule has 0 aliphatic heterocycles. The lowest BCUT2D eigenvalue weighted by Gasteiger charge is -2.28. The molecule has 9 nitrogen and oxygen atoms in total. The SMILES string of the molecule is CC/C=C\C/C=C\C/C=C\C/C=C\C/C=C\C/C=C\C/C=C\C/C=C\C/C=C\C/C=C\CCCCCCCCCCCCC(=O)OC(COC(=O)CCCCCCCCC/C=C\C/C=C\C/C=C\CC)COP(=O)([O-])OCC[N+](C)(C)C. The van der Waals surface area contributed by atoms with Gasteiger partial charge in [-0.1, -0.05) is 255 Å². The van der Waals surface area contributed by atoms with Crippen LogP contribution >= 0.6 is 7.82 Å². The van der Waals surface area contributed by atoms with E-state index >= 15 is 0 Å². The first-order valence-corrected chi connectivity index (χ1v) is 33.7. The van der Waals surface area contributed by atoms with Crippen molar-refractivity contribution in [3.63, 3.8) is 0 Å². The Bertz CT molecular complexity index is 1940. The normalized spacial score (nSPS) is 14.3. The van der Waals surface area contributed by atoms with Crippen LogP contribution in [0.1, 0.15) is 232 Å². The van der Waals surface area contributed by atoms with E-state index in [1.165, 1.54) is 57.8 Å². The first-order valence-electron chi connectivity index (χ1n) is 32.2. The molecule has 464 valence electrons. The predicted molar refractivity (Wildman–Crippen MR) is 350 cm³/mol. The van der Waals surface area contributed by atoms with E-state index in [1.807, 2.05) is 21.1 Å². The maximum Gasteiger partial charge on any atom is 0.306 e. The van der Waals surface area contributed by atoms with Crippen LogP contribution in [0.3, 0.4) is 0 Å². The third-order valence-electron chi connectivity index (χ3n) is 13.0. The van der Waals surface area contributed by atoms with Crippen LogP contribution in [0.15, 0.2) is 158 Å². The van der Waals surface area contributed by atoms with Crippen molar-refractivity contribution in [1.29, 1.82) is 0 Å². The van der Waals surface area contributed by atoms with Gasteiger partial charge in [-0.25, -0.2) is 0 Å². The van der Waals surface area contributed by atoms with Crippen LogP contribution < -0.4 is 4.89 Å². The van der Waals surface area contributed by atoms with Crippen LogP contribution in [0.2, 0.25) is 0 Å². The van der Waals surface area contributed by atoms with Gasteiger partial charge in [-0.15, -0.1) is 0 Å². The number of unbranched alkanes of at least 4 members (excludes halogenated alkanes) is 17. The Morgan fingerprint density at radius 3 is 0.976 bits per heavy atom. The number of allylic oxidation sites excluding steroid dienone is 26. The topological polar surface area (TPSA) is 111 Å². The van der Waals surface area contributed by atoms with E-state index in [4.69, 9.17) is 18.5 Å². The maximum atomic E-state index is 12.8. The van der Waals surface area contributed by atoms with Crippen molar-refractivity contribution in [2.24, 2.45) is 0 Å². The summed E-state index contributed by atoms with van der Waals surface area (Å²) in [5, 5.41) is 0. The minimum atomic E-state index is -4.65. The third kappa shape index (κ3) is 64.8. The average Bonchev–Trinajstić information content (AvgIpc) is 3.45. The number of carbonyl (C=O) groups is 2. The summed E-state index contributed by atoms with van der Waals surface area (Å²) in [6.45, 7) is 3.98. The van der Waals surface area contributed by atoms with Gasteiger partial charge in [-0.05, 0) is 122 Å². The molecule has 0 aromatic heterocycles. The average molecular weight is 1160 g/mol. The lowest BCUT2D eigenvalue weighted by molar-refractivity contribution is -0.870. The molecule has 0 aliphatic rings. The molecule has 0 spiro atoms. The molecule has 82 heavy (non-hydrogen) atoms. The molecule has 0 heterocycles. The summed E-state index contributed by atoms with van der Waals surface area (Å²) in [5.41, 5.74) is 0. The summed E-state index contributed by atoms with van der Waals surface area (Å²) in [4.78, 5) is 37.9. The Balaban J connectivity index is 4.10. The number of rotatable bonds is 57. The number of phosphoric acid groups is 1. The van der Waals surface area contributed by atoms with Crippen molar-refractivity contribution < 1.29 is 42.1 Å². The Hall–Kier alpha value is -4.37. The predicted octanol–water partition coefficient (Wildman–Crippen LogP) is 20.2. The van der Waals surface area contributed by atoms with Crippen molar-refractivity contribution in [1.82, 2.24) is 0 Å². The Labute approximate surface area is 503 Å². The van der Waals surface area contributed by atoms with Gasteiger partial charge >= 0.3 is 11.9 Å². The number of ether oxygens (including phenoxy) is 2. The fourth-order valence-electron chi connectivity index (χ4n) is 8.17. The second kappa shape index (κ2) is 61.2. The van der Waals surface area contributed by atoms with Gasteiger partial charge in [0.05, 0.1) is 27.7 Å². The van der Waals surface area contributed by atoms with Crippen LogP contribution in [0.25, 0.3) is 0 Å². The van der Waals surface area contributed by atoms with Crippen molar-refractivity contribution in [2.45, 2.75) is 238 Å². The fraction of sp³-hybridized carbons (Fsp3) is 0.611. The number of phosphoric ester groups is 1. The highest BCUT2D eigenvalue weighted by molar-refractivity contribution is 7.45. The summed E-state index contributed by atoms with van der Waals surface area (Å²) < 4.78 is 34.2. The Kier molecular flexibility index (Phi) is 57.9. The molecule has 0 aromatic rings. The number of hydrogen-bond acceptors (Lipinski definition) is 8. The summed E-state index contributed by atoms with van der Waals surface area (Å²) >= 11 is 0. The van der Waals surface area contributed by atoms with Gasteiger partial charge < -0.3 is 27.9 Å². The molecule has 0 saturated carbocycles. The standard InChI is InChI=1S/C72H118NO8P/c1-6-8-10-12-14-16-18-20-22-24-25-26-27-28-29-30-31-32-33-34-35-36-37-38-39-40-41-42-43-44-45-46-47-49-51-53-55-57-59-61-63-65-72(75)81-70(69-80-82(76,77)79-67-66-73(3,4)5)68-78-71(74)64-62-60-58-56-54-52-50-48-23-21-19-17-15-13-11-9-7-2/h8-11,14-17,20-23,25-26,28-29,31-32,34-35,37-38,40-41,43-44,70H,6-7,12-13,18-19,24,27,30,33,36,39,42,45-69H2,1-5H3/b10-8-,11-9-,16-14-,17-15-,22-20-,23-21-,26-25-,29-28-,32-31-,35-34-,38-37-,41-40-,44-43-. The number of esters is 2. The van der Waals surface area contributed by atoms with E-state index in [9.17, 15) is 19.0 Å². The largest absolute Gasteiger partial charge is 0.756 e. The van der Waals surface area contributed by atoms with Gasteiger partial charge in [0.25, 0.3) is 7.82 Å². The van der Waals surface area contributed by atoms with E-state index in [2.05, 4.69) is 172 Å². The second-order valence-electron chi connectivity index (χ2n) is 22.0. The molecule has 0 radical (unpaired) electrons. The molecule has 0 N–H and O–H groups in total. The molecule has 0 aromatic carbocycles. The maximum absolute atomic E-state index is 12.8. The van der Waals surface area contributed by atoms with Gasteiger partial charge in [0, 0.05) is 12.8 Å². The van der Waals surface area contributed by atoms with Gasteiger partial charge in [-0.3, -0.25) is 14.2 Å². The monoisotopic (exact) mass is 1160 g/mol. The van der Waals surface area contributed by atoms with Gasteiger partial charge in [-0.2, -0.15) is 0 Å². The second-order valence-corrected chi connectivity index (χ2v) is 23.4. The highest BCUT2D eigenvalue weighted by Gasteiger charge is 2.22. The smallest absolute Gasteiger partial charge is 0.306 e. The van der Waals surface area contributed by atoms with Crippen LogP contribution in [0.5, 0.6) is 0 Å². The molecular weight excluding hydrogens is 1040 g/mol. The molecule has 0 saturated heterocycles. The number of likely N-dealkylation sites (N-methyl/N-ethyl adjacent to an activating group) is 1. The Morgan fingerprint density at radius 2 is 0.659 bits per heavy atom. The number of quaternary nitrogens is 1. The zero-order chi connectivity index (χ0) is 59.8. The molecule has 0 bridgehead atoms. The van der Waals surface area contributed by atoms with Crippen molar-refractivity contribution >= 4 is 19.8 Å². The number of hydrogen-bond donors (Lipinski definition) is 0. The molecule has 0 aliphatic carbocycles. The van der Waals surface area contributed by atoms with Crippen molar-refractivity contribution in [3.8, 4) is 0 Å². The van der Waals surface area contributed by atoms with E-state index < -0.39 is 32.5 Å². The highest BCUT2D eigenvalue weighted by Crippen LogP contribution is 2.38. The van der Waals surface area contributed by atoms with Crippen molar-refractivity contribution in [2.75, 3.05) is 47.5 Å². The molecule has 2 unspecified atom stereocenters. The minimum absolute atomic E-state index is 0.0411. The summed E-state index contributed by atoms with van der Waals surface area (Å²) in [6.07, 6.45) is 91.6. The first kappa shape index (κ1) is 77.6. The summed E-state index contributed by atoms with van der Waals surface area (Å²) in [5.74, 6) is -0.859. The molecule has 0 rings (SSSR count). The van der Waals surface area contributed by atoms with Crippen LogP contribution in [-0.4, -0.2) is 70.0 Å². The van der Waals surface area contributed by atoms with E-state index in [0.717, 1.165) is 135 Å². The number of carbonyl (C=O) groups excluding carboxylic acids is 2. The van der Waals surface area contributed by atoms with Gasteiger partial charge in [0.15, 0.2) is 6.10 Å². The lowest BCUT2D eigenvalue weighted by atomic mass is 10.0. The molecule has 0 fully saturated rings. The van der Waals surface area contributed by atoms with E-state index in [-0.39, 0.29) is 26.1 Å². The van der Waals surface area contributed by atoms with Crippen LogP contribution in [0, 0.1) is 0 Å². The van der Waals surface area contributed by atoms with E-state index in [0.29, 0.717) is 23.9 Å². The molecule has 10 heteroatoms. The van der Waals surface area contributed by atoms with Crippen LogP contribution in [0.4, 0.5) is 0 Å². The fourth-order valence-corrected chi connectivity index (χ4v) is 8.90. The minimum Gasteiger partial charge on any atom is -0.756 e. The highest BCUT2D eigenvalue weighted by atomic mass is 31.2. The van der Waals surface area contributed by atoms with Crippen LogP contribution in [-0.2, 0) is 32.7 Å². The molecule has 0 amide bonds. The van der Waals surface area contributed by atoms with Gasteiger partial charge in [0.1, 0.15) is 19.8 Å². The molecule has 2 atom stereocenters. The summed E-state index contributed by atoms with van der Waals surface area (Å²) in [7, 11) is 1.14. The zero-order valence-corrected chi connectivity index (χ0v) is 53.5. The van der Waals surface area contributed by atoms with Crippen molar-refractivity contribution in [3.05, 3.63) is 158 Å².